The van der Waals surface area contributed by atoms with Crippen LogP contribution in [0.2, 0.25) is 0 Å². The lowest BCUT2D eigenvalue weighted by atomic mass is 9.82. The summed E-state index contributed by atoms with van der Waals surface area (Å²) in [6, 6.07) is 3.60. The van der Waals surface area contributed by atoms with Gasteiger partial charge in [0.2, 0.25) is 0 Å². The van der Waals surface area contributed by atoms with Crippen molar-refractivity contribution in [3.05, 3.63) is 30.1 Å². The Kier molecular flexibility index (Phi) is 3.11. The zero-order valence-electron chi connectivity index (χ0n) is 8.60. The molecule has 1 saturated carbocycles. The molecule has 15 heavy (non-hydrogen) atoms. The molecular formula is C12H15NO2. The molecule has 1 aromatic heterocycles. The Morgan fingerprint density at radius 3 is 3.00 bits per heavy atom. The van der Waals surface area contributed by atoms with Gasteiger partial charge in [-0.1, -0.05) is 12.5 Å². The van der Waals surface area contributed by atoms with Crippen molar-refractivity contribution in [1.29, 1.82) is 0 Å². The summed E-state index contributed by atoms with van der Waals surface area (Å²) in [6.45, 7) is 0. The van der Waals surface area contributed by atoms with Crippen molar-refractivity contribution < 1.29 is 9.90 Å². The molecule has 0 spiro atoms. The molecule has 1 aliphatic rings. The summed E-state index contributed by atoms with van der Waals surface area (Å²) in [5.41, 5.74) is 0.748. The van der Waals surface area contributed by atoms with Gasteiger partial charge in [-0.15, -0.1) is 0 Å². The number of carbonyl (C=O) groups is 1. The number of aliphatic hydroxyl groups excluding tert-OH is 1. The predicted molar refractivity (Wildman–Crippen MR) is 56.2 cm³/mol. The normalized spacial score (nSPS) is 23.8. The highest BCUT2D eigenvalue weighted by molar-refractivity contribution is 5.82. The third-order valence-electron chi connectivity index (χ3n) is 3.01. The number of nitrogens with zero attached hydrogens (tertiary/aromatic N) is 1. The van der Waals surface area contributed by atoms with E-state index in [1.165, 1.54) is 0 Å². The van der Waals surface area contributed by atoms with Gasteiger partial charge in [-0.2, -0.15) is 0 Å². The van der Waals surface area contributed by atoms with Gasteiger partial charge >= 0.3 is 0 Å². The first-order valence-electron chi connectivity index (χ1n) is 5.40. The number of aliphatic hydroxyl groups is 1. The molecule has 1 aromatic rings. The van der Waals surface area contributed by atoms with Gasteiger partial charge in [0.05, 0.1) is 6.10 Å². The van der Waals surface area contributed by atoms with Crippen molar-refractivity contribution in [3.63, 3.8) is 0 Å². The average molecular weight is 205 g/mol. The van der Waals surface area contributed by atoms with E-state index in [1.807, 2.05) is 6.07 Å². The summed E-state index contributed by atoms with van der Waals surface area (Å²) in [5.74, 6) is -0.0273. The minimum Gasteiger partial charge on any atom is -0.388 e. The highest BCUT2D eigenvalue weighted by atomic mass is 16.3. The van der Waals surface area contributed by atoms with E-state index in [0.29, 0.717) is 6.42 Å². The number of rotatable bonds is 2. The fraction of sp³-hybridized carbons (Fsp3) is 0.500. The van der Waals surface area contributed by atoms with Crippen molar-refractivity contribution in [2.75, 3.05) is 0 Å². The third-order valence-corrected chi connectivity index (χ3v) is 3.01. The number of aromatic nitrogens is 1. The van der Waals surface area contributed by atoms with E-state index in [4.69, 9.17) is 0 Å². The van der Waals surface area contributed by atoms with Crippen LogP contribution in [0, 0.1) is 5.92 Å². The fourth-order valence-electron chi connectivity index (χ4n) is 2.13. The Morgan fingerprint density at radius 2 is 2.33 bits per heavy atom. The maximum absolute atomic E-state index is 11.6. The second-order valence-corrected chi connectivity index (χ2v) is 4.05. The van der Waals surface area contributed by atoms with Crippen LogP contribution in [-0.2, 0) is 4.79 Å². The highest BCUT2D eigenvalue weighted by Gasteiger charge is 2.29. The zero-order chi connectivity index (χ0) is 10.7. The molecule has 0 aliphatic heterocycles. The van der Waals surface area contributed by atoms with Crippen LogP contribution in [0.25, 0.3) is 0 Å². The van der Waals surface area contributed by atoms with Gasteiger partial charge in [0.1, 0.15) is 5.78 Å². The Morgan fingerprint density at radius 1 is 1.47 bits per heavy atom. The summed E-state index contributed by atoms with van der Waals surface area (Å²) in [4.78, 5) is 15.6. The van der Waals surface area contributed by atoms with Gasteiger partial charge in [-0.3, -0.25) is 9.78 Å². The predicted octanol–water partition coefficient (Wildman–Crippen LogP) is 1.87. The highest BCUT2D eigenvalue weighted by Crippen LogP contribution is 2.31. The molecule has 0 radical (unpaired) electrons. The molecule has 3 nitrogen and oxygen atoms in total. The van der Waals surface area contributed by atoms with Gasteiger partial charge < -0.3 is 5.11 Å². The van der Waals surface area contributed by atoms with Crippen LogP contribution < -0.4 is 0 Å². The fourth-order valence-corrected chi connectivity index (χ4v) is 2.13. The maximum Gasteiger partial charge on any atom is 0.138 e. The molecule has 1 aliphatic carbocycles. The molecule has 3 heteroatoms. The number of pyridine rings is 1. The third kappa shape index (κ3) is 2.23. The van der Waals surface area contributed by atoms with Crippen LogP contribution >= 0.6 is 0 Å². The summed E-state index contributed by atoms with van der Waals surface area (Å²) >= 11 is 0. The summed E-state index contributed by atoms with van der Waals surface area (Å²) < 4.78 is 0. The topological polar surface area (TPSA) is 50.2 Å². The summed E-state index contributed by atoms with van der Waals surface area (Å²) in [5, 5.41) is 10.1. The molecule has 1 heterocycles. The standard InChI is InChI=1S/C12H15NO2/c14-11-6-2-1-5-10(11)12(15)9-4-3-7-13-8-9/h3-4,7-8,10,12,15H,1-2,5-6H2/t10-,12+/m1/s1. The van der Waals surface area contributed by atoms with Crippen molar-refractivity contribution in [2.45, 2.75) is 31.8 Å². The molecule has 1 fully saturated rings. The lowest BCUT2D eigenvalue weighted by molar-refractivity contribution is -0.128. The van der Waals surface area contributed by atoms with E-state index >= 15 is 0 Å². The molecule has 0 aromatic carbocycles. The van der Waals surface area contributed by atoms with E-state index in [0.717, 1.165) is 24.8 Å². The van der Waals surface area contributed by atoms with Crippen LogP contribution in [0.1, 0.15) is 37.4 Å². The SMILES string of the molecule is O=C1CCCC[C@H]1[C@@H](O)c1cccnc1. The van der Waals surface area contributed by atoms with Gasteiger partial charge in [-0.25, -0.2) is 0 Å². The number of Topliss-reactive ketones (excluding diaryl/α,β-unsaturated/α-hetero) is 1. The Hall–Kier alpha value is -1.22. The maximum atomic E-state index is 11.6. The van der Waals surface area contributed by atoms with Crippen LogP contribution in [0.3, 0.4) is 0 Å². The van der Waals surface area contributed by atoms with E-state index < -0.39 is 6.10 Å². The second kappa shape index (κ2) is 4.53. The monoisotopic (exact) mass is 205 g/mol. The summed E-state index contributed by atoms with van der Waals surface area (Å²) in [7, 11) is 0. The van der Waals surface area contributed by atoms with Crippen LogP contribution in [-0.4, -0.2) is 15.9 Å². The molecule has 2 atom stereocenters. The average Bonchev–Trinajstić information content (AvgIpc) is 2.30. The molecule has 80 valence electrons. The number of hydrogen-bond acceptors (Lipinski definition) is 3. The lowest BCUT2D eigenvalue weighted by Gasteiger charge is -2.25. The van der Waals surface area contributed by atoms with Crippen molar-refractivity contribution in [2.24, 2.45) is 5.92 Å². The number of hydrogen-bond donors (Lipinski definition) is 1. The minimum absolute atomic E-state index is 0.192. The smallest absolute Gasteiger partial charge is 0.138 e. The minimum atomic E-state index is -0.675. The summed E-state index contributed by atoms with van der Waals surface area (Å²) in [6.07, 6.45) is 6.04. The molecule has 2 rings (SSSR count). The Balaban J connectivity index is 2.13. The Labute approximate surface area is 89.2 Å². The van der Waals surface area contributed by atoms with E-state index in [1.54, 1.807) is 18.5 Å². The van der Waals surface area contributed by atoms with E-state index in [2.05, 4.69) is 4.98 Å². The molecule has 0 unspecified atom stereocenters. The Bertz CT molecular complexity index is 337. The largest absolute Gasteiger partial charge is 0.388 e. The lowest BCUT2D eigenvalue weighted by Crippen LogP contribution is -2.25. The zero-order valence-corrected chi connectivity index (χ0v) is 8.60. The first-order valence-corrected chi connectivity index (χ1v) is 5.40. The molecule has 0 amide bonds. The van der Waals surface area contributed by atoms with Crippen molar-refractivity contribution >= 4 is 5.78 Å². The molecule has 0 saturated heterocycles. The first-order chi connectivity index (χ1) is 7.29. The van der Waals surface area contributed by atoms with E-state index in [9.17, 15) is 9.90 Å². The van der Waals surface area contributed by atoms with Crippen molar-refractivity contribution in [1.82, 2.24) is 4.98 Å². The van der Waals surface area contributed by atoms with Crippen LogP contribution in [0.15, 0.2) is 24.5 Å². The second-order valence-electron chi connectivity index (χ2n) is 4.05. The molecule has 1 N–H and O–H groups in total. The number of carbonyl (C=O) groups excluding carboxylic acids is 1. The molecular weight excluding hydrogens is 190 g/mol. The van der Waals surface area contributed by atoms with Crippen molar-refractivity contribution in [3.8, 4) is 0 Å². The quantitative estimate of drug-likeness (QED) is 0.802. The van der Waals surface area contributed by atoms with Gasteiger partial charge in [0, 0.05) is 24.7 Å². The van der Waals surface area contributed by atoms with Gasteiger partial charge in [0.25, 0.3) is 0 Å². The van der Waals surface area contributed by atoms with Gasteiger partial charge in [0.15, 0.2) is 0 Å². The van der Waals surface area contributed by atoms with Crippen LogP contribution in [0.5, 0.6) is 0 Å². The van der Waals surface area contributed by atoms with Crippen LogP contribution in [0.4, 0.5) is 0 Å². The van der Waals surface area contributed by atoms with E-state index in [-0.39, 0.29) is 11.7 Å². The number of ketones is 1. The molecule has 0 bridgehead atoms. The first kappa shape index (κ1) is 10.3. The van der Waals surface area contributed by atoms with Gasteiger partial charge in [-0.05, 0) is 24.5 Å².